The molecule has 12 nitrogen and oxygen atoms in total. The molecule has 14 heteroatoms. The Labute approximate surface area is 271 Å². The van der Waals surface area contributed by atoms with Crippen molar-refractivity contribution in [3.8, 4) is 29.0 Å². The minimum atomic E-state index is -3.38. The molecule has 5 heterocycles. The van der Waals surface area contributed by atoms with Gasteiger partial charge in [-0.15, -0.1) is 0 Å². The summed E-state index contributed by atoms with van der Waals surface area (Å²) in [4.78, 5) is 28.8. The van der Waals surface area contributed by atoms with Gasteiger partial charge >= 0.3 is 5.92 Å². The molecule has 0 bridgehead atoms. The van der Waals surface area contributed by atoms with Crippen LogP contribution in [0.4, 0.5) is 20.4 Å². The summed E-state index contributed by atoms with van der Waals surface area (Å²) < 4.78 is 46.5. The number of nitriles is 1. The predicted molar refractivity (Wildman–Crippen MR) is 167 cm³/mol. The lowest BCUT2D eigenvalue weighted by atomic mass is 9.89. The van der Waals surface area contributed by atoms with Gasteiger partial charge in [0, 0.05) is 30.2 Å². The van der Waals surface area contributed by atoms with Crippen LogP contribution in [0.3, 0.4) is 0 Å². The van der Waals surface area contributed by atoms with Crippen molar-refractivity contribution in [1.29, 1.82) is 5.26 Å². The highest BCUT2D eigenvalue weighted by Gasteiger charge is 2.48. The maximum Gasteiger partial charge on any atom is 0.301 e. The zero-order chi connectivity index (χ0) is 33.1. The number of carbonyl (C=O) groups excluding carboxylic acids is 1. The third kappa shape index (κ3) is 7.12. The topological polar surface area (TPSA) is 146 Å². The molecule has 3 aromatic rings. The number of hydrogen-bond acceptors (Lipinski definition) is 11. The fraction of sp³-hybridized carbons (Fsp3) is 0.485. The molecule has 0 aliphatic carbocycles. The third-order valence-electron chi connectivity index (χ3n) is 8.98. The maximum absolute atomic E-state index is 14.9. The Morgan fingerprint density at radius 3 is 2.57 bits per heavy atom. The fourth-order valence-electron chi connectivity index (χ4n) is 6.27. The van der Waals surface area contributed by atoms with Crippen molar-refractivity contribution in [2.45, 2.75) is 56.3 Å². The van der Waals surface area contributed by atoms with E-state index in [1.807, 2.05) is 18.2 Å². The summed E-state index contributed by atoms with van der Waals surface area (Å²) in [6.45, 7) is 4.04. The largest absolute Gasteiger partial charge is 0.483 e. The molecule has 3 fully saturated rings. The lowest BCUT2D eigenvalue weighted by molar-refractivity contribution is -0.165. The molecule has 0 spiro atoms. The second-order valence-electron chi connectivity index (χ2n) is 12.1. The van der Waals surface area contributed by atoms with Crippen molar-refractivity contribution in [2.24, 2.45) is 0 Å². The number of amides is 1. The van der Waals surface area contributed by atoms with Gasteiger partial charge in [0.1, 0.15) is 35.9 Å². The number of aromatic nitrogens is 3. The predicted octanol–water partition coefficient (Wildman–Crippen LogP) is 3.74. The highest BCUT2D eigenvalue weighted by Crippen LogP contribution is 2.36. The van der Waals surface area contributed by atoms with Crippen LogP contribution in [0.2, 0.25) is 0 Å². The van der Waals surface area contributed by atoms with Crippen molar-refractivity contribution in [2.75, 3.05) is 51.8 Å². The van der Waals surface area contributed by atoms with E-state index in [2.05, 4.69) is 20.2 Å². The van der Waals surface area contributed by atoms with Crippen molar-refractivity contribution in [3.05, 3.63) is 53.9 Å². The zero-order valence-corrected chi connectivity index (χ0v) is 26.2. The molecule has 1 aromatic carbocycles. The number of piperidine rings is 2. The van der Waals surface area contributed by atoms with Crippen LogP contribution in [0, 0.1) is 11.3 Å². The van der Waals surface area contributed by atoms with Crippen LogP contribution in [0.25, 0.3) is 11.3 Å². The molecule has 2 aromatic heterocycles. The SMILES string of the molecule is COc1nc(Nc2cc(-c3ccc(O[C@@H]4CCN(C(=O)[C@H](C)O)CC4(F)F)c(C#N)c3)ncn2)ccc1C1CCN(C2COC2)CC1. The molecule has 0 radical (unpaired) electrons. The van der Waals surface area contributed by atoms with Crippen LogP contribution in [0.5, 0.6) is 11.6 Å². The summed E-state index contributed by atoms with van der Waals surface area (Å²) in [5, 5.41) is 22.5. The lowest BCUT2D eigenvalue weighted by Crippen LogP contribution is -2.56. The van der Waals surface area contributed by atoms with Crippen LogP contribution >= 0.6 is 0 Å². The number of anilines is 2. The maximum atomic E-state index is 14.9. The number of hydrogen-bond donors (Lipinski definition) is 2. The Kier molecular flexibility index (Phi) is 9.49. The van der Waals surface area contributed by atoms with Crippen molar-refractivity contribution < 1.29 is 32.9 Å². The highest BCUT2D eigenvalue weighted by atomic mass is 19.3. The summed E-state index contributed by atoms with van der Waals surface area (Å²) in [6, 6.07) is 12.8. The molecule has 2 atom stereocenters. The average Bonchev–Trinajstić information content (AvgIpc) is 3.05. The number of aliphatic hydroxyl groups is 1. The fourth-order valence-corrected chi connectivity index (χ4v) is 6.27. The molecule has 3 saturated heterocycles. The molecule has 0 saturated carbocycles. The van der Waals surface area contributed by atoms with Gasteiger partial charge in [-0.3, -0.25) is 9.69 Å². The van der Waals surface area contributed by atoms with Crippen molar-refractivity contribution in [1.82, 2.24) is 24.8 Å². The Morgan fingerprint density at radius 2 is 1.91 bits per heavy atom. The van der Waals surface area contributed by atoms with Crippen LogP contribution in [0.15, 0.2) is 42.7 Å². The van der Waals surface area contributed by atoms with Crippen LogP contribution in [-0.2, 0) is 9.53 Å². The highest BCUT2D eigenvalue weighted by molar-refractivity contribution is 5.80. The van der Waals surface area contributed by atoms with Gasteiger partial charge in [-0.2, -0.15) is 10.2 Å². The molecular formula is C33H37F2N7O5. The first kappa shape index (κ1) is 32.5. The van der Waals surface area contributed by atoms with E-state index in [-0.39, 0.29) is 24.3 Å². The molecule has 3 aliphatic heterocycles. The summed E-state index contributed by atoms with van der Waals surface area (Å²) in [7, 11) is 1.61. The Hall–Kier alpha value is -4.45. The second-order valence-corrected chi connectivity index (χ2v) is 12.1. The van der Waals surface area contributed by atoms with Crippen molar-refractivity contribution >= 4 is 17.5 Å². The smallest absolute Gasteiger partial charge is 0.301 e. The van der Waals surface area contributed by atoms with Gasteiger partial charge in [0.25, 0.3) is 5.91 Å². The van der Waals surface area contributed by atoms with Gasteiger partial charge in [0.2, 0.25) is 5.88 Å². The quantitative estimate of drug-likeness (QED) is 0.350. The lowest BCUT2D eigenvalue weighted by Gasteiger charge is -2.41. The van der Waals surface area contributed by atoms with Crippen LogP contribution in [0.1, 0.15) is 43.2 Å². The first-order chi connectivity index (χ1) is 22.6. The second kappa shape index (κ2) is 13.7. The molecule has 3 aliphatic rings. The molecular weight excluding hydrogens is 612 g/mol. The monoisotopic (exact) mass is 649 g/mol. The standard InChI is InChI=1S/C33H37F2N7O5/c1-20(43)32(44)42-12-9-28(33(34,35)18-42)47-27-5-3-22(13-23(27)15-36)26-14-30(38-19-37-26)39-29-6-4-25(31(40-29)45-2)21-7-10-41(11-8-21)24-16-46-17-24/h3-6,13-14,19-21,24,28,43H,7-12,16-18H2,1-2H3,(H,37,38,39,40)/t20-,28+/m0/s1. The van der Waals surface area contributed by atoms with Gasteiger partial charge in [0.15, 0.2) is 6.10 Å². The minimum absolute atomic E-state index is 0.0000222. The summed E-state index contributed by atoms with van der Waals surface area (Å²) >= 11 is 0. The van der Waals surface area contributed by atoms with E-state index in [1.165, 1.54) is 25.4 Å². The van der Waals surface area contributed by atoms with E-state index in [0.717, 1.165) is 49.6 Å². The van der Waals surface area contributed by atoms with E-state index in [0.29, 0.717) is 40.7 Å². The van der Waals surface area contributed by atoms with Gasteiger partial charge in [-0.05, 0) is 69.1 Å². The van der Waals surface area contributed by atoms with Gasteiger partial charge < -0.3 is 29.5 Å². The number of rotatable bonds is 9. The average molecular weight is 650 g/mol. The third-order valence-corrected chi connectivity index (χ3v) is 8.98. The number of methoxy groups -OCH3 is 1. The number of benzene rings is 1. The number of aliphatic hydroxyl groups excluding tert-OH is 1. The number of carbonyl (C=O) groups is 1. The van der Waals surface area contributed by atoms with Crippen molar-refractivity contribution in [3.63, 3.8) is 0 Å². The van der Waals surface area contributed by atoms with Gasteiger partial charge in [0.05, 0.1) is 44.2 Å². The first-order valence-electron chi connectivity index (χ1n) is 15.7. The van der Waals surface area contributed by atoms with E-state index in [4.69, 9.17) is 19.2 Å². The molecule has 1 amide bonds. The van der Waals surface area contributed by atoms with Crippen LogP contribution in [-0.4, -0.2) is 106 Å². The van der Waals surface area contributed by atoms with Gasteiger partial charge in [-0.1, -0.05) is 0 Å². The Morgan fingerprint density at radius 1 is 1.13 bits per heavy atom. The Balaban J connectivity index is 1.12. The number of halogens is 2. The normalized spacial score (nSPS) is 20.9. The Bertz CT molecular complexity index is 1640. The van der Waals surface area contributed by atoms with E-state index in [1.54, 1.807) is 19.2 Å². The van der Waals surface area contributed by atoms with Gasteiger partial charge in [-0.25, -0.2) is 18.7 Å². The number of pyridine rings is 1. The molecule has 47 heavy (non-hydrogen) atoms. The first-order valence-corrected chi connectivity index (χ1v) is 15.7. The van der Waals surface area contributed by atoms with E-state index < -0.39 is 30.6 Å². The summed E-state index contributed by atoms with van der Waals surface area (Å²) in [5.74, 6) is -2.21. The molecule has 248 valence electrons. The van der Waals surface area contributed by atoms with E-state index >= 15 is 0 Å². The number of ether oxygens (including phenoxy) is 3. The van der Waals surface area contributed by atoms with Crippen LogP contribution < -0.4 is 14.8 Å². The summed E-state index contributed by atoms with van der Waals surface area (Å²) in [6.07, 6.45) is 0.358. The number of likely N-dealkylation sites (tertiary alicyclic amines) is 2. The minimum Gasteiger partial charge on any atom is -0.483 e. The molecule has 0 unspecified atom stereocenters. The molecule has 6 rings (SSSR count). The summed E-state index contributed by atoms with van der Waals surface area (Å²) in [5.41, 5.74) is 2.19. The number of nitrogens with one attached hydrogen (secondary N) is 1. The van der Waals surface area contributed by atoms with E-state index in [9.17, 15) is 23.9 Å². The number of alkyl halides is 2. The number of nitrogens with zero attached hydrogens (tertiary/aromatic N) is 6. The zero-order valence-electron chi connectivity index (χ0n) is 26.2. The molecule has 2 N–H and O–H groups in total.